The van der Waals surface area contributed by atoms with Crippen LogP contribution in [0.4, 0.5) is 0 Å². The molecule has 2 rings (SSSR count). The predicted molar refractivity (Wildman–Crippen MR) is 81.3 cm³/mol. The molecule has 0 aliphatic carbocycles. The summed E-state index contributed by atoms with van der Waals surface area (Å²) in [5, 5.41) is 27.2. The molecule has 4 N–H and O–H groups in total. The van der Waals surface area contributed by atoms with Gasteiger partial charge in [-0.25, -0.2) is 0 Å². The Balaban J connectivity index is 1.92. The van der Waals surface area contributed by atoms with E-state index in [0.717, 1.165) is 58.4 Å². The molecular weight excluding hydrogens is 260 g/mol. The molecule has 0 spiro atoms. The molecule has 2 aliphatic heterocycles. The fraction of sp³-hybridized carbons (Fsp3) is 1.00. The maximum Gasteiger partial charge on any atom is 0.0665 e. The van der Waals surface area contributed by atoms with E-state index in [9.17, 15) is 10.2 Å². The summed E-state index contributed by atoms with van der Waals surface area (Å²) in [4.78, 5) is 0. The third-order valence-corrected chi connectivity index (χ3v) is 6.44. The van der Waals surface area contributed by atoms with Gasteiger partial charge in [0.25, 0.3) is 0 Å². The standard InChI is InChI=1S/C12H28N2O2Si2/c15-10(5-17)9-2-1-8(14-9)7-3-4-13-12(7)11(16)6-18/h7-16H,1-6H2,17-18H3/t7-,8?,9+,10-,11+,12?/m0/s1. The lowest BCUT2D eigenvalue weighted by atomic mass is 9.88. The van der Waals surface area contributed by atoms with E-state index in [1.54, 1.807) is 0 Å². The van der Waals surface area contributed by atoms with E-state index in [-0.39, 0.29) is 18.2 Å². The molecule has 2 saturated heterocycles. The molecule has 0 aromatic rings. The summed E-state index contributed by atoms with van der Waals surface area (Å²) in [7, 11) is 2.13. The van der Waals surface area contributed by atoms with Crippen molar-refractivity contribution >= 4 is 20.5 Å². The Morgan fingerprint density at radius 1 is 1.06 bits per heavy atom. The van der Waals surface area contributed by atoms with Crippen LogP contribution < -0.4 is 10.6 Å². The fourth-order valence-electron chi connectivity index (χ4n) is 3.60. The summed E-state index contributed by atoms with van der Waals surface area (Å²) in [5.41, 5.74) is 0. The topological polar surface area (TPSA) is 64.5 Å². The van der Waals surface area contributed by atoms with Crippen molar-refractivity contribution < 1.29 is 10.2 Å². The highest BCUT2D eigenvalue weighted by molar-refractivity contribution is 6.09. The van der Waals surface area contributed by atoms with E-state index in [4.69, 9.17) is 0 Å². The Morgan fingerprint density at radius 3 is 2.44 bits per heavy atom. The number of aliphatic hydroxyl groups is 2. The van der Waals surface area contributed by atoms with Gasteiger partial charge in [-0.15, -0.1) is 0 Å². The van der Waals surface area contributed by atoms with Gasteiger partial charge in [0.15, 0.2) is 0 Å². The molecular formula is C12H28N2O2Si2. The van der Waals surface area contributed by atoms with Crippen molar-refractivity contribution in [3.05, 3.63) is 0 Å². The van der Waals surface area contributed by atoms with Crippen LogP contribution in [0.2, 0.25) is 12.1 Å². The lowest BCUT2D eigenvalue weighted by Crippen LogP contribution is -2.48. The van der Waals surface area contributed by atoms with E-state index in [2.05, 4.69) is 10.6 Å². The van der Waals surface area contributed by atoms with Crippen molar-refractivity contribution in [1.82, 2.24) is 10.6 Å². The highest BCUT2D eigenvalue weighted by atomic mass is 28.1. The first-order chi connectivity index (χ1) is 8.67. The van der Waals surface area contributed by atoms with Crippen LogP contribution in [0, 0.1) is 5.92 Å². The molecule has 0 aromatic carbocycles. The molecule has 0 radical (unpaired) electrons. The van der Waals surface area contributed by atoms with Gasteiger partial charge in [0.1, 0.15) is 0 Å². The Labute approximate surface area is 116 Å². The normalized spacial score (nSPS) is 40.3. The van der Waals surface area contributed by atoms with Crippen molar-refractivity contribution in [2.45, 2.75) is 61.7 Å². The molecule has 2 aliphatic rings. The second kappa shape index (κ2) is 6.63. The van der Waals surface area contributed by atoms with Gasteiger partial charge in [-0.2, -0.15) is 0 Å². The Morgan fingerprint density at radius 2 is 1.78 bits per heavy atom. The molecule has 0 aromatic heterocycles. The number of nitrogens with one attached hydrogen (secondary N) is 2. The van der Waals surface area contributed by atoms with Gasteiger partial charge in [-0.05, 0) is 43.8 Å². The molecule has 4 nitrogen and oxygen atoms in total. The first-order valence-electron chi connectivity index (χ1n) is 7.52. The first kappa shape index (κ1) is 14.7. The van der Waals surface area contributed by atoms with E-state index < -0.39 is 0 Å². The Bertz CT molecular complexity index is 270. The zero-order valence-electron chi connectivity index (χ0n) is 11.6. The lowest BCUT2D eigenvalue weighted by Gasteiger charge is -2.29. The number of aliphatic hydroxyl groups excluding tert-OH is 2. The highest BCUT2D eigenvalue weighted by Gasteiger charge is 2.40. The summed E-state index contributed by atoms with van der Waals surface area (Å²) in [6.45, 7) is 1.03. The SMILES string of the molecule is O[C@H](C[SiH3])C1NCC[C@H]1C1CC[C@H]([C@@H](O)C[SiH3])N1. The van der Waals surface area contributed by atoms with Gasteiger partial charge in [0.2, 0.25) is 0 Å². The third-order valence-electron chi connectivity index (χ3n) is 4.77. The first-order valence-corrected chi connectivity index (χ1v) is 10.4. The summed E-state index contributed by atoms with van der Waals surface area (Å²) < 4.78 is 0. The van der Waals surface area contributed by atoms with E-state index in [0.29, 0.717) is 18.0 Å². The molecule has 18 heavy (non-hydrogen) atoms. The van der Waals surface area contributed by atoms with Gasteiger partial charge in [-0.1, -0.05) is 0 Å². The van der Waals surface area contributed by atoms with Crippen molar-refractivity contribution in [3.63, 3.8) is 0 Å². The van der Waals surface area contributed by atoms with Gasteiger partial charge < -0.3 is 20.8 Å². The Kier molecular flexibility index (Phi) is 5.40. The fourth-order valence-corrected chi connectivity index (χ4v) is 4.68. The largest absolute Gasteiger partial charge is 0.392 e. The van der Waals surface area contributed by atoms with Crippen molar-refractivity contribution in [2.75, 3.05) is 6.54 Å². The second-order valence-corrected chi connectivity index (χ2v) is 7.47. The van der Waals surface area contributed by atoms with Gasteiger partial charge >= 0.3 is 0 Å². The molecule has 106 valence electrons. The number of hydrogen-bond donors (Lipinski definition) is 4. The lowest BCUT2D eigenvalue weighted by molar-refractivity contribution is 0.117. The van der Waals surface area contributed by atoms with Crippen molar-refractivity contribution in [2.24, 2.45) is 5.92 Å². The molecule has 0 saturated carbocycles. The average molecular weight is 289 g/mol. The maximum absolute atomic E-state index is 10.1. The van der Waals surface area contributed by atoms with Crippen LogP contribution in [0.1, 0.15) is 19.3 Å². The molecule has 2 unspecified atom stereocenters. The zero-order valence-corrected chi connectivity index (χ0v) is 15.6. The highest BCUT2D eigenvalue weighted by Crippen LogP contribution is 2.30. The van der Waals surface area contributed by atoms with Gasteiger partial charge in [-0.3, -0.25) is 0 Å². The molecule has 0 amide bonds. The molecule has 2 heterocycles. The molecule has 0 bridgehead atoms. The average Bonchev–Trinajstić information content (AvgIpc) is 3.04. The van der Waals surface area contributed by atoms with Crippen LogP contribution in [-0.2, 0) is 0 Å². The molecule has 2 fully saturated rings. The summed E-state index contributed by atoms with van der Waals surface area (Å²) >= 11 is 0. The van der Waals surface area contributed by atoms with Crippen LogP contribution in [0.25, 0.3) is 0 Å². The van der Waals surface area contributed by atoms with Crippen LogP contribution in [0.5, 0.6) is 0 Å². The summed E-state index contributed by atoms with van der Waals surface area (Å²) in [6.07, 6.45) is 3.07. The predicted octanol–water partition coefficient (Wildman–Crippen LogP) is -2.63. The van der Waals surface area contributed by atoms with E-state index in [1.165, 1.54) is 0 Å². The van der Waals surface area contributed by atoms with Gasteiger partial charge in [0, 0.05) is 38.6 Å². The molecule has 6 atom stereocenters. The van der Waals surface area contributed by atoms with Crippen LogP contribution >= 0.6 is 0 Å². The Hall–Kier alpha value is 0.274. The summed E-state index contributed by atoms with van der Waals surface area (Å²) in [5.74, 6) is 0.542. The van der Waals surface area contributed by atoms with Crippen LogP contribution in [0.15, 0.2) is 0 Å². The smallest absolute Gasteiger partial charge is 0.0665 e. The third kappa shape index (κ3) is 3.05. The monoisotopic (exact) mass is 288 g/mol. The minimum atomic E-state index is -0.173. The maximum atomic E-state index is 10.1. The van der Waals surface area contributed by atoms with Crippen molar-refractivity contribution in [3.8, 4) is 0 Å². The number of hydrogen-bond acceptors (Lipinski definition) is 4. The van der Waals surface area contributed by atoms with Gasteiger partial charge in [0.05, 0.1) is 12.2 Å². The van der Waals surface area contributed by atoms with Crippen molar-refractivity contribution in [1.29, 1.82) is 0 Å². The quantitative estimate of drug-likeness (QED) is 0.418. The zero-order chi connectivity index (χ0) is 13.1. The van der Waals surface area contributed by atoms with E-state index >= 15 is 0 Å². The van der Waals surface area contributed by atoms with Crippen LogP contribution in [-0.4, -0.2) is 67.6 Å². The van der Waals surface area contributed by atoms with Crippen LogP contribution in [0.3, 0.4) is 0 Å². The minimum Gasteiger partial charge on any atom is -0.392 e. The second-order valence-electron chi connectivity index (χ2n) is 5.84. The summed E-state index contributed by atoms with van der Waals surface area (Å²) in [6, 6.07) is 2.96. The minimum absolute atomic E-state index is 0.155. The van der Waals surface area contributed by atoms with E-state index in [1.807, 2.05) is 0 Å². The molecule has 6 heteroatoms. The number of rotatable bonds is 5.